The van der Waals surface area contributed by atoms with Gasteiger partial charge in [0, 0.05) is 6.54 Å². The van der Waals surface area contributed by atoms with Crippen molar-refractivity contribution in [1.29, 1.82) is 0 Å². The second-order valence-corrected chi connectivity index (χ2v) is 1.28. The van der Waals surface area contributed by atoms with E-state index < -0.39 is 0 Å². The van der Waals surface area contributed by atoms with Crippen LogP contribution in [0.15, 0.2) is 18.0 Å². The van der Waals surface area contributed by atoms with Gasteiger partial charge in [-0.3, -0.25) is 0 Å². The number of hydrogen-bond acceptors (Lipinski definition) is 2. The van der Waals surface area contributed by atoms with Crippen LogP contribution in [0, 0.1) is 6.08 Å². The molecule has 0 aromatic carbocycles. The van der Waals surface area contributed by atoms with Gasteiger partial charge in [0.2, 0.25) is 0 Å². The van der Waals surface area contributed by atoms with Gasteiger partial charge in [0.05, 0.1) is 0 Å². The molecule has 0 aromatic rings. The third kappa shape index (κ3) is 0.961. The fourth-order valence-electron chi connectivity index (χ4n) is 0.397. The molecule has 7 heavy (non-hydrogen) atoms. The monoisotopic (exact) mass is 96.0 g/mol. The third-order valence-electron chi connectivity index (χ3n) is 0.731. The molecule has 0 aliphatic carbocycles. The molecule has 0 saturated heterocycles. The normalized spacial score (nSPS) is 18.0. The average Bonchev–Trinajstić information content (AvgIpc) is 1.69. The molecule has 1 heterocycles. The lowest BCUT2D eigenvalue weighted by atomic mass is 10.4. The third-order valence-corrected chi connectivity index (χ3v) is 0.731. The Morgan fingerprint density at radius 1 is 1.86 bits per heavy atom. The maximum absolute atomic E-state index is 8.59. The highest BCUT2D eigenvalue weighted by Crippen LogP contribution is 1.87. The van der Waals surface area contributed by atoms with Gasteiger partial charge in [-0.05, 0) is 12.2 Å². The first-order chi connectivity index (χ1) is 3.39. The number of allylic oxidation sites excluding steroid dienone is 2. The highest BCUT2D eigenvalue weighted by atomic mass is 16.3. The predicted molar refractivity (Wildman–Crippen MR) is 26.5 cm³/mol. The topological polar surface area (TPSA) is 32.3 Å². The molecule has 37 valence electrons. The fraction of sp³-hybridized carbons (Fsp3) is 0.200. The van der Waals surface area contributed by atoms with Crippen LogP contribution in [0.25, 0.3) is 0 Å². The summed E-state index contributed by atoms with van der Waals surface area (Å²) in [6, 6.07) is 0. The molecule has 2 heteroatoms. The van der Waals surface area contributed by atoms with Crippen molar-refractivity contribution < 1.29 is 5.11 Å². The molecule has 2 nitrogen and oxygen atoms in total. The van der Waals surface area contributed by atoms with E-state index in [1.807, 2.05) is 0 Å². The zero-order chi connectivity index (χ0) is 5.11. The number of hydrogen-bond donors (Lipinski definition) is 2. The first-order valence-corrected chi connectivity index (χ1v) is 2.09. The van der Waals surface area contributed by atoms with E-state index in [9.17, 15) is 0 Å². The molecular weight excluding hydrogens is 90.1 g/mol. The molecule has 1 radical (unpaired) electrons. The highest BCUT2D eigenvalue weighted by molar-refractivity contribution is 5.07. The van der Waals surface area contributed by atoms with Crippen molar-refractivity contribution in [1.82, 2.24) is 5.32 Å². The molecule has 2 N–H and O–H groups in total. The zero-order valence-electron chi connectivity index (χ0n) is 3.81. The van der Waals surface area contributed by atoms with Crippen LogP contribution >= 0.6 is 0 Å². The van der Waals surface area contributed by atoms with Crippen molar-refractivity contribution >= 4 is 0 Å². The Hall–Kier alpha value is -0.920. The quantitative estimate of drug-likeness (QED) is 0.456. The highest BCUT2D eigenvalue weighted by Gasteiger charge is 1.88. The molecular formula is C5H6NO. The Kier molecular flexibility index (Phi) is 1.02. The van der Waals surface area contributed by atoms with Gasteiger partial charge < -0.3 is 10.4 Å². The Balaban J connectivity index is 2.57. The van der Waals surface area contributed by atoms with Crippen molar-refractivity contribution in [3.05, 3.63) is 24.1 Å². The summed E-state index contributed by atoms with van der Waals surface area (Å²) in [6.45, 7) is 0.613. The smallest absolute Gasteiger partial charge is 0.184 e. The summed E-state index contributed by atoms with van der Waals surface area (Å²) in [5, 5.41) is 11.2. The standard InChI is InChI=1S/C5H6NO/c7-5-3-1-2-4-6-5/h1,3,6-7H,4H2. The summed E-state index contributed by atoms with van der Waals surface area (Å²) < 4.78 is 0. The fourth-order valence-corrected chi connectivity index (χ4v) is 0.397. The van der Waals surface area contributed by atoms with E-state index in [1.54, 1.807) is 12.2 Å². The van der Waals surface area contributed by atoms with Gasteiger partial charge in [-0.15, -0.1) is 0 Å². The molecule has 1 rings (SSSR count). The van der Waals surface area contributed by atoms with E-state index in [2.05, 4.69) is 11.4 Å². The van der Waals surface area contributed by atoms with Crippen molar-refractivity contribution in [3.8, 4) is 0 Å². The largest absolute Gasteiger partial charge is 0.495 e. The van der Waals surface area contributed by atoms with E-state index in [-0.39, 0.29) is 5.88 Å². The zero-order valence-corrected chi connectivity index (χ0v) is 3.81. The van der Waals surface area contributed by atoms with Crippen LogP contribution in [0.2, 0.25) is 0 Å². The van der Waals surface area contributed by atoms with Gasteiger partial charge in [-0.2, -0.15) is 0 Å². The number of nitrogens with one attached hydrogen (secondary N) is 1. The van der Waals surface area contributed by atoms with Gasteiger partial charge in [0.15, 0.2) is 5.88 Å². The van der Waals surface area contributed by atoms with Crippen molar-refractivity contribution in [2.45, 2.75) is 0 Å². The van der Waals surface area contributed by atoms with Gasteiger partial charge in [0.1, 0.15) is 0 Å². The first-order valence-electron chi connectivity index (χ1n) is 2.09. The molecule has 0 aromatic heterocycles. The molecule has 0 amide bonds. The van der Waals surface area contributed by atoms with E-state index in [1.165, 1.54) is 0 Å². The molecule has 0 atom stereocenters. The molecule has 1 aliphatic heterocycles. The van der Waals surface area contributed by atoms with E-state index in [4.69, 9.17) is 5.11 Å². The van der Waals surface area contributed by atoms with Crippen LogP contribution in [0.1, 0.15) is 0 Å². The first kappa shape index (κ1) is 4.24. The van der Waals surface area contributed by atoms with Crippen molar-refractivity contribution in [3.63, 3.8) is 0 Å². The maximum Gasteiger partial charge on any atom is 0.184 e. The number of aliphatic hydroxyl groups excluding tert-OH is 1. The Bertz CT molecular complexity index is 115. The SMILES string of the molecule is OC1=CC=[C]CN1. The van der Waals surface area contributed by atoms with Crippen LogP contribution in [0.4, 0.5) is 0 Å². The van der Waals surface area contributed by atoms with Gasteiger partial charge in [0.25, 0.3) is 0 Å². The Morgan fingerprint density at radius 2 is 2.71 bits per heavy atom. The van der Waals surface area contributed by atoms with Crippen LogP contribution in [0.3, 0.4) is 0 Å². The summed E-state index contributed by atoms with van der Waals surface area (Å²) in [7, 11) is 0. The number of aliphatic hydroxyl groups is 1. The van der Waals surface area contributed by atoms with Gasteiger partial charge >= 0.3 is 0 Å². The van der Waals surface area contributed by atoms with Gasteiger partial charge in [-0.1, -0.05) is 6.08 Å². The summed E-state index contributed by atoms with van der Waals surface area (Å²) in [6.07, 6.45) is 6.09. The number of dihydropyridines is 1. The Labute approximate surface area is 42.2 Å². The Morgan fingerprint density at radius 3 is 3.00 bits per heavy atom. The lowest BCUT2D eigenvalue weighted by molar-refractivity contribution is 0.368. The lowest BCUT2D eigenvalue weighted by Crippen LogP contribution is -2.14. The minimum atomic E-state index is 0.221. The van der Waals surface area contributed by atoms with Crippen molar-refractivity contribution in [2.24, 2.45) is 0 Å². The molecule has 0 saturated carbocycles. The molecule has 0 spiro atoms. The predicted octanol–water partition coefficient (Wildman–Crippen LogP) is 0.348. The minimum Gasteiger partial charge on any atom is -0.495 e. The molecule has 0 unspecified atom stereocenters. The summed E-state index contributed by atoms with van der Waals surface area (Å²) in [5.41, 5.74) is 0. The van der Waals surface area contributed by atoms with Crippen LogP contribution in [0.5, 0.6) is 0 Å². The molecule has 1 aliphatic rings. The van der Waals surface area contributed by atoms with Crippen LogP contribution in [-0.2, 0) is 0 Å². The summed E-state index contributed by atoms with van der Waals surface area (Å²) >= 11 is 0. The minimum absolute atomic E-state index is 0.221. The van der Waals surface area contributed by atoms with E-state index in [0.717, 1.165) is 0 Å². The summed E-state index contributed by atoms with van der Waals surface area (Å²) in [5.74, 6) is 0.221. The van der Waals surface area contributed by atoms with Gasteiger partial charge in [-0.25, -0.2) is 0 Å². The average molecular weight is 96.1 g/mol. The maximum atomic E-state index is 8.59. The second-order valence-electron chi connectivity index (χ2n) is 1.28. The summed E-state index contributed by atoms with van der Waals surface area (Å²) in [4.78, 5) is 0. The second kappa shape index (κ2) is 1.69. The van der Waals surface area contributed by atoms with E-state index in [0.29, 0.717) is 6.54 Å². The molecule has 0 fully saturated rings. The van der Waals surface area contributed by atoms with E-state index >= 15 is 0 Å². The lowest BCUT2D eigenvalue weighted by Gasteiger charge is -2.01. The van der Waals surface area contributed by atoms with Crippen LogP contribution in [-0.4, -0.2) is 11.7 Å². The van der Waals surface area contributed by atoms with Crippen LogP contribution < -0.4 is 5.32 Å². The number of rotatable bonds is 0. The molecule has 0 bridgehead atoms. The van der Waals surface area contributed by atoms with Crippen molar-refractivity contribution in [2.75, 3.05) is 6.54 Å².